The van der Waals surface area contributed by atoms with Gasteiger partial charge in [0.05, 0.1) is 0 Å². The zero-order valence-electron chi connectivity index (χ0n) is 80.3. The largest absolute Gasteiger partial charge is 0.456 e. The third-order valence-electron chi connectivity index (χ3n) is 26.3. The lowest BCUT2D eigenvalue weighted by Gasteiger charge is -2.36. The Balaban J connectivity index is 0.000000247. The minimum Gasteiger partial charge on any atom is -0.456 e. The molecule has 10 aromatic carbocycles. The topological polar surface area (TPSA) is 186 Å². The number of carbonyl (C=O) groups is 8. The normalized spacial score (nSPS) is 15.1. The Kier molecular flexibility index (Phi) is 29.1. The molecule has 128 heavy (non-hydrogen) atoms. The number of hydrogen-bond donors (Lipinski definition) is 0. The van der Waals surface area contributed by atoms with E-state index in [9.17, 15) is 19.2 Å². The van der Waals surface area contributed by atoms with Crippen LogP contribution in [0.25, 0.3) is 86.2 Å². The van der Waals surface area contributed by atoms with E-state index < -0.39 is 66.5 Å². The van der Waals surface area contributed by atoms with E-state index in [1.807, 2.05) is 121 Å². The third kappa shape index (κ3) is 20.6. The summed E-state index contributed by atoms with van der Waals surface area (Å²) in [6.07, 6.45) is 23.3. The van der Waals surface area contributed by atoms with E-state index in [2.05, 4.69) is 157 Å². The Hall–Kier alpha value is -8.10. The zero-order chi connectivity index (χ0) is 93.0. The van der Waals surface area contributed by atoms with Gasteiger partial charge in [0.15, 0.2) is 66.5 Å². The predicted octanol–water partition coefficient (Wildman–Crippen LogP) is 28.1. The minimum absolute atomic E-state index is 0.219. The van der Waals surface area contributed by atoms with Crippen molar-refractivity contribution in [1.82, 2.24) is 19.6 Å². The first-order valence-electron chi connectivity index (χ1n) is 47.3. The van der Waals surface area contributed by atoms with Crippen LogP contribution in [0.5, 0.6) is 0 Å². The molecule has 4 heterocycles. The first kappa shape index (κ1) is 97.4. The average Bonchev–Trinajstić information content (AvgIpc) is 0.691. The van der Waals surface area contributed by atoms with Crippen molar-refractivity contribution in [2.24, 2.45) is 0 Å². The molecule has 0 radical (unpaired) electrons. The van der Waals surface area contributed by atoms with Gasteiger partial charge in [0.1, 0.15) is 0 Å². The van der Waals surface area contributed by atoms with Crippen molar-refractivity contribution in [3.05, 3.63) is 192 Å². The van der Waals surface area contributed by atoms with E-state index in [0.717, 1.165) is 166 Å². The van der Waals surface area contributed by atoms with E-state index in [1.54, 1.807) is 9.80 Å². The first-order chi connectivity index (χ1) is 60.2. The highest BCUT2D eigenvalue weighted by molar-refractivity contribution is 6.86. The molecule has 14 rings (SSSR count). The maximum Gasteiger partial charge on any atom is 0.261 e. The summed E-state index contributed by atoms with van der Waals surface area (Å²) in [4.78, 5) is 123. The molecule has 24 heteroatoms. The van der Waals surface area contributed by atoms with E-state index in [0.29, 0.717) is 117 Å². The standard InChI is InChI=1S/C62H102N2O8Si8.C42H38N2O4/c1-73(2,3)69-77(13,14)41-25-21-29-45(30-22-26-42-78(15,16)70-74(4,5)6)63-59(65)51-37-33-47-49-35-39-53-58-54(40-36-50(56(49)58)48-34-38-52(60(63)66)57(51)55(47)48)62(68)64(61(53)67)46(31-23-27-43-79(17,18)71-75(7,8)9)32-24-28-44-80(19,20)72-76(10,11)12;1-5-9-13-25(14-10-6-2)43-39(45)31-21-17-27-29-19-23-33-38-34(42(48)44(41(33)47)26(15-11-7-3)16-12-8-4)24-20-30(36(29)38)28-18-22-32(40(43)46)37(31)35(27)28/h33-40,45-46H,21-32,41-44H2,1-20H3;5-8,17-26H,1-4,9-16H2. The van der Waals surface area contributed by atoms with Crippen molar-refractivity contribution >= 4 is 200 Å². The van der Waals surface area contributed by atoms with Crippen LogP contribution in [0.2, 0.25) is 155 Å². The number of allylic oxidation sites excluding steroid dienone is 4. The monoisotopic (exact) mass is 1860 g/mol. The van der Waals surface area contributed by atoms with Crippen LogP contribution in [-0.2, 0) is 16.5 Å². The van der Waals surface area contributed by atoms with Crippen LogP contribution in [0.1, 0.15) is 211 Å². The number of amides is 8. The fourth-order valence-electron chi connectivity index (χ4n) is 22.0. The van der Waals surface area contributed by atoms with Gasteiger partial charge in [-0.05, 0) is 345 Å². The van der Waals surface area contributed by atoms with Crippen molar-refractivity contribution in [2.75, 3.05) is 0 Å². The van der Waals surface area contributed by atoms with Crippen LogP contribution in [0, 0.1) is 0 Å². The van der Waals surface area contributed by atoms with Gasteiger partial charge in [-0.15, -0.1) is 26.3 Å². The number of benzene rings is 10. The molecule has 0 saturated heterocycles. The molecule has 0 spiro atoms. The second-order valence-corrected chi connectivity index (χ2v) is 79.4. The Bertz CT molecular complexity index is 5350. The third-order valence-corrected chi connectivity index (χ3v) is 51.1. The number of rotatable bonds is 44. The summed E-state index contributed by atoms with van der Waals surface area (Å²) >= 11 is 0. The van der Waals surface area contributed by atoms with Gasteiger partial charge in [-0.3, -0.25) is 58.0 Å². The summed E-state index contributed by atoms with van der Waals surface area (Å²) in [5.74, 6) is -2.03. The molecule has 680 valence electrons. The molecule has 10 aromatic rings. The molecule has 0 aliphatic carbocycles. The maximum atomic E-state index is 15.2. The number of fused-ring (bicyclic) bond motifs is 4. The van der Waals surface area contributed by atoms with Crippen molar-refractivity contribution in [3.63, 3.8) is 0 Å². The summed E-state index contributed by atoms with van der Waals surface area (Å²) < 4.78 is 26.8. The smallest absolute Gasteiger partial charge is 0.261 e. The van der Waals surface area contributed by atoms with Crippen LogP contribution >= 0.6 is 0 Å². The number of unbranched alkanes of at least 4 members (excludes halogenated alkanes) is 4. The lowest BCUT2D eigenvalue weighted by Crippen LogP contribution is -2.47. The molecule has 16 nitrogen and oxygen atoms in total. The van der Waals surface area contributed by atoms with E-state index in [-0.39, 0.29) is 71.4 Å². The van der Waals surface area contributed by atoms with Crippen LogP contribution in [0.15, 0.2) is 148 Å². The second kappa shape index (κ2) is 38.2. The van der Waals surface area contributed by atoms with Gasteiger partial charge in [0, 0.05) is 90.2 Å². The molecule has 0 N–H and O–H groups in total. The molecule has 0 fully saturated rings. The van der Waals surface area contributed by atoms with Crippen molar-refractivity contribution < 1.29 is 54.8 Å². The number of hydrogen-bond acceptors (Lipinski definition) is 12. The fourth-order valence-corrected chi connectivity index (χ4v) is 54.6. The number of nitrogens with zero attached hydrogens (tertiary/aromatic N) is 4. The first-order valence-corrected chi connectivity index (χ1v) is 73.4. The predicted molar refractivity (Wildman–Crippen MR) is 552 cm³/mol. The molecular formula is C104H140N4O12Si8. The van der Waals surface area contributed by atoms with Gasteiger partial charge in [0.25, 0.3) is 47.3 Å². The Labute approximate surface area is 768 Å². The Morgan fingerprint density at radius 1 is 0.227 bits per heavy atom. The maximum absolute atomic E-state index is 15.2. The molecule has 0 bridgehead atoms. The SMILES string of the molecule is C=CCCC(CCC=C)N1C(=O)c2ccc3c4ccc5c6c(ccc(c7ccc(c2c37)C1=O)c64)C(=O)N(C(CCC=C)CCC=C)C5=O.C[Si](C)(C)O[Si](C)(C)CCCCC(CCCC[Si](C)(C)O[Si](C)(C)C)N1C(=O)c2ccc3c4ccc5c6c(ccc(c7ccc(c2c37)C1=O)c64)C(=O)N(C(CCCC[Si](C)(C)O[Si](C)(C)C)CCCC[Si](C)(C)O[Si](C)(C)C)C5=O. The van der Waals surface area contributed by atoms with E-state index in [1.165, 1.54) is 9.80 Å². The van der Waals surface area contributed by atoms with Crippen molar-refractivity contribution in [3.8, 4) is 0 Å². The highest BCUT2D eigenvalue weighted by Gasteiger charge is 2.46. The molecule has 4 aliphatic heterocycles. The summed E-state index contributed by atoms with van der Waals surface area (Å²) in [6, 6.07) is 34.2. The lowest BCUT2D eigenvalue weighted by molar-refractivity contribution is 0.0502. The molecule has 8 amide bonds. The van der Waals surface area contributed by atoms with Gasteiger partial charge in [-0.1, -0.05) is 124 Å². The summed E-state index contributed by atoms with van der Waals surface area (Å²) in [5.41, 5.74) is 4.27. The van der Waals surface area contributed by atoms with Gasteiger partial charge in [0.2, 0.25) is 0 Å². The number of imide groups is 4. The van der Waals surface area contributed by atoms with Gasteiger partial charge in [-0.2, -0.15) is 0 Å². The summed E-state index contributed by atoms with van der Waals surface area (Å²) in [5, 5.41) is 13.4. The lowest BCUT2D eigenvalue weighted by atomic mass is 9.81. The summed E-state index contributed by atoms with van der Waals surface area (Å²) in [6.45, 7) is 61.2. The fraction of sp³-hybridized carbons (Fsp3) is 0.462. The van der Waals surface area contributed by atoms with Gasteiger partial charge < -0.3 is 16.5 Å². The van der Waals surface area contributed by atoms with Crippen LogP contribution in [-0.4, -0.2) is 158 Å². The van der Waals surface area contributed by atoms with Crippen LogP contribution in [0.4, 0.5) is 0 Å². The van der Waals surface area contributed by atoms with Crippen molar-refractivity contribution in [1.29, 1.82) is 0 Å². The van der Waals surface area contributed by atoms with E-state index >= 15 is 19.2 Å². The summed E-state index contributed by atoms with van der Waals surface area (Å²) in [7, 11) is -14.2. The van der Waals surface area contributed by atoms with Gasteiger partial charge in [-0.25, -0.2) is 0 Å². The Morgan fingerprint density at radius 2 is 0.375 bits per heavy atom. The molecule has 0 aromatic heterocycles. The molecule has 0 unspecified atom stereocenters. The Morgan fingerprint density at radius 3 is 0.516 bits per heavy atom. The highest BCUT2D eigenvalue weighted by atomic mass is 28.4. The van der Waals surface area contributed by atoms with Gasteiger partial charge >= 0.3 is 0 Å². The molecule has 0 atom stereocenters. The second-order valence-electron chi connectivity index (χ2n) is 43.2. The highest BCUT2D eigenvalue weighted by Crippen LogP contribution is 2.51. The molecule has 4 aliphatic rings. The number of carbonyl (C=O) groups excluding carboxylic acids is 8. The average molecular weight is 1860 g/mol. The molecular weight excluding hydrogens is 1720 g/mol. The van der Waals surface area contributed by atoms with Crippen LogP contribution < -0.4 is 0 Å². The zero-order valence-corrected chi connectivity index (χ0v) is 88.3. The quantitative estimate of drug-likeness (QED) is 0.00880. The van der Waals surface area contributed by atoms with Crippen molar-refractivity contribution in [2.45, 2.75) is 308 Å². The minimum atomic E-state index is -1.86. The molecule has 0 saturated carbocycles. The van der Waals surface area contributed by atoms with E-state index in [4.69, 9.17) is 16.5 Å². The van der Waals surface area contributed by atoms with Crippen LogP contribution in [0.3, 0.4) is 0 Å².